The van der Waals surface area contributed by atoms with Gasteiger partial charge in [-0.15, -0.1) is 0 Å². The maximum atomic E-state index is 13.7. The molecule has 45 heavy (non-hydrogen) atoms. The number of nitrogens with two attached hydrogens (primary N) is 1. The lowest BCUT2D eigenvalue weighted by molar-refractivity contribution is -0.134. The Bertz CT molecular complexity index is 1000. The molecule has 3 aliphatic heterocycles. The van der Waals surface area contributed by atoms with E-state index in [0.717, 1.165) is 89.6 Å². The summed E-state index contributed by atoms with van der Waals surface area (Å²) in [7, 11) is 0. The van der Waals surface area contributed by atoms with Crippen LogP contribution in [0.5, 0.6) is 0 Å². The van der Waals surface area contributed by atoms with E-state index < -0.39 is 0 Å². The number of carbonyl (C=O) groups is 2. The number of likely N-dealkylation sites (tertiary alicyclic amines) is 2. The number of amides is 2. The highest BCUT2D eigenvalue weighted by Gasteiger charge is 2.26. The number of unbranched alkanes of at least 4 members (excludes halogenated alkanes) is 6. The summed E-state index contributed by atoms with van der Waals surface area (Å²) in [6.07, 6.45) is 16.5. The molecule has 9 nitrogen and oxygen atoms in total. The summed E-state index contributed by atoms with van der Waals surface area (Å²) in [5.74, 6) is 1.14. The molecule has 1 unspecified atom stereocenters. The molecule has 2 amide bonds. The average molecular weight is 626 g/mol. The summed E-state index contributed by atoms with van der Waals surface area (Å²) in [5.41, 5.74) is 8.01. The second-order valence-electron chi connectivity index (χ2n) is 13.9. The van der Waals surface area contributed by atoms with E-state index in [1.807, 2.05) is 4.90 Å². The number of pyridine rings is 1. The summed E-state index contributed by atoms with van der Waals surface area (Å²) in [6, 6.07) is 6.22. The third-order valence-corrected chi connectivity index (χ3v) is 10.1. The van der Waals surface area contributed by atoms with Gasteiger partial charge in [-0.05, 0) is 56.6 Å². The first kappa shape index (κ1) is 35.8. The molecular formula is C36H63N7O2. The number of aromatic nitrogens is 1. The van der Waals surface area contributed by atoms with E-state index in [-0.39, 0.29) is 11.8 Å². The molecule has 0 spiro atoms. The average Bonchev–Trinajstić information content (AvgIpc) is 3.05. The summed E-state index contributed by atoms with van der Waals surface area (Å²) in [6.45, 7) is 12.7. The van der Waals surface area contributed by atoms with Crippen molar-refractivity contribution in [3.63, 3.8) is 0 Å². The van der Waals surface area contributed by atoms with Gasteiger partial charge in [-0.1, -0.05) is 57.9 Å². The lowest BCUT2D eigenvalue weighted by Crippen LogP contribution is -2.48. The molecule has 4 rings (SSSR count). The van der Waals surface area contributed by atoms with Crippen LogP contribution < -0.4 is 5.73 Å². The molecule has 2 fully saturated rings. The van der Waals surface area contributed by atoms with Crippen LogP contribution >= 0.6 is 0 Å². The van der Waals surface area contributed by atoms with Crippen LogP contribution in [0, 0.1) is 5.92 Å². The molecule has 2 N–H and O–H groups in total. The van der Waals surface area contributed by atoms with Crippen molar-refractivity contribution in [3.8, 4) is 0 Å². The van der Waals surface area contributed by atoms with Crippen LogP contribution in [-0.2, 0) is 22.7 Å². The molecule has 1 aromatic heterocycles. The number of hydrogen-bond donors (Lipinski definition) is 1. The fourth-order valence-corrected chi connectivity index (χ4v) is 7.32. The molecule has 0 radical (unpaired) electrons. The van der Waals surface area contributed by atoms with Crippen LogP contribution in [0.2, 0.25) is 0 Å². The molecular weight excluding hydrogens is 562 g/mol. The Balaban J connectivity index is 1.34. The van der Waals surface area contributed by atoms with Gasteiger partial charge in [0.2, 0.25) is 11.8 Å². The van der Waals surface area contributed by atoms with Crippen molar-refractivity contribution < 1.29 is 9.59 Å². The molecule has 2 bridgehead atoms. The Morgan fingerprint density at radius 3 is 1.96 bits per heavy atom. The van der Waals surface area contributed by atoms with E-state index in [2.05, 4.69) is 44.7 Å². The lowest BCUT2D eigenvalue weighted by Gasteiger charge is -2.35. The highest BCUT2D eigenvalue weighted by atomic mass is 16.2. The van der Waals surface area contributed by atoms with Crippen LogP contribution in [0.15, 0.2) is 18.2 Å². The number of rotatable bonds is 14. The van der Waals surface area contributed by atoms with Crippen LogP contribution in [0.1, 0.15) is 102 Å². The summed E-state index contributed by atoms with van der Waals surface area (Å²) in [4.78, 5) is 43.0. The molecule has 254 valence electrons. The molecule has 0 aromatic carbocycles. The van der Waals surface area contributed by atoms with Gasteiger partial charge in [0.1, 0.15) is 0 Å². The number of fused-ring (bicyclic) bond motifs is 2. The number of hydrogen-bond acceptors (Lipinski definition) is 7. The molecule has 3 aliphatic rings. The summed E-state index contributed by atoms with van der Waals surface area (Å²) >= 11 is 0. The maximum Gasteiger partial charge on any atom is 0.236 e. The highest BCUT2D eigenvalue weighted by Crippen LogP contribution is 2.23. The molecule has 0 aliphatic carbocycles. The van der Waals surface area contributed by atoms with Gasteiger partial charge in [0.25, 0.3) is 0 Å². The number of piperidine rings is 2. The minimum atomic E-state index is 0.232. The van der Waals surface area contributed by atoms with E-state index in [1.54, 1.807) is 0 Å². The first-order chi connectivity index (χ1) is 22.0. The van der Waals surface area contributed by atoms with Crippen molar-refractivity contribution >= 4 is 11.8 Å². The van der Waals surface area contributed by atoms with E-state index in [0.29, 0.717) is 38.6 Å². The Hall–Kier alpha value is -2.07. The van der Waals surface area contributed by atoms with Crippen LogP contribution in [-0.4, -0.2) is 120 Å². The number of carbonyl (C=O) groups excluding carboxylic acids is 2. The first-order valence-corrected chi connectivity index (χ1v) is 18.4. The fraction of sp³-hybridized carbons (Fsp3) is 0.806. The molecule has 1 aromatic rings. The van der Waals surface area contributed by atoms with Crippen LogP contribution in [0.3, 0.4) is 0 Å². The zero-order chi connectivity index (χ0) is 31.7. The Labute approximate surface area is 273 Å². The molecule has 1 atom stereocenters. The third-order valence-electron chi connectivity index (χ3n) is 10.1. The van der Waals surface area contributed by atoms with Gasteiger partial charge in [-0.25, -0.2) is 0 Å². The first-order valence-electron chi connectivity index (χ1n) is 18.4. The van der Waals surface area contributed by atoms with Crippen LogP contribution in [0.4, 0.5) is 0 Å². The number of nitrogens with zero attached hydrogens (tertiary/aromatic N) is 6. The quantitative estimate of drug-likeness (QED) is 0.308. The van der Waals surface area contributed by atoms with Crippen molar-refractivity contribution in [2.45, 2.75) is 103 Å². The second kappa shape index (κ2) is 20.2. The van der Waals surface area contributed by atoms with Crippen molar-refractivity contribution in [2.24, 2.45) is 11.7 Å². The third kappa shape index (κ3) is 12.9. The predicted molar refractivity (Wildman–Crippen MR) is 183 cm³/mol. The fourth-order valence-electron chi connectivity index (χ4n) is 7.32. The minimum absolute atomic E-state index is 0.232. The van der Waals surface area contributed by atoms with Gasteiger partial charge >= 0.3 is 0 Å². The van der Waals surface area contributed by atoms with E-state index in [9.17, 15) is 9.59 Å². The van der Waals surface area contributed by atoms with Crippen molar-refractivity contribution in [1.82, 2.24) is 29.5 Å². The topological polar surface area (TPSA) is 89.2 Å². The maximum absolute atomic E-state index is 13.7. The lowest BCUT2D eigenvalue weighted by atomic mass is 9.92. The van der Waals surface area contributed by atoms with Gasteiger partial charge in [0.15, 0.2) is 0 Å². The zero-order valence-corrected chi connectivity index (χ0v) is 28.5. The summed E-state index contributed by atoms with van der Waals surface area (Å²) in [5, 5.41) is 0. The SMILES string of the molecule is CCCCCCCCCC1CCCN(C(=O)CN2CCN(CCN)CCN(CC(=O)N3CCCCC3)Cc3cccc(n3)C2)C1. The Morgan fingerprint density at radius 1 is 0.733 bits per heavy atom. The minimum Gasteiger partial charge on any atom is -0.342 e. The summed E-state index contributed by atoms with van der Waals surface area (Å²) < 4.78 is 0. The second-order valence-corrected chi connectivity index (χ2v) is 13.9. The zero-order valence-electron chi connectivity index (χ0n) is 28.5. The van der Waals surface area contributed by atoms with Gasteiger partial charge in [0, 0.05) is 78.5 Å². The van der Waals surface area contributed by atoms with Gasteiger partial charge < -0.3 is 15.5 Å². The Morgan fingerprint density at radius 2 is 1.31 bits per heavy atom. The monoisotopic (exact) mass is 626 g/mol. The highest BCUT2D eigenvalue weighted by molar-refractivity contribution is 5.78. The smallest absolute Gasteiger partial charge is 0.236 e. The van der Waals surface area contributed by atoms with E-state index in [4.69, 9.17) is 10.7 Å². The largest absolute Gasteiger partial charge is 0.342 e. The van der Waals surface area contributed by atoms with Gasteiger partial charge in [0.05, 0.1) is 24.5 Å². The standard InChI is InChI=1S/C36H63N7O2/c1-2-3-4-5-6-7-9-14-32-15-13-21-43(27-32)36(45)31-41-26-24-39(22-18-37)23-25-40(28-33-16-12-17-34(29-41)38-33)30-35(44)42-19-10-8-11-20-42/h12,16-17,32H,2-11,13-15,18-31,37H2,1H3. The molecule has 2 saturated heterocycles. The van der Waals surface area contributed by atoms with E-state index in [1.165, 1.54) is 64.2 Å². The van der Waals surface area contributed by atoms with Gasteiger partial charge in [-0.2, -0.15) is 0 Å². The van der Waals surface area contributed by atoms with Crippen molar-refractivity contribution in [1.29, 1.82) is 0 Å². The molecule has 9 heteroatoms. The normalized spacial score (nSPS) is 21.3. The predicted octanol–water partition coefficient (Wildman–Crippen LogP) is 4.35. The van der Waals surface area contributed by atoms with Gasteiger partial charge in [-0.3, -0.25) is 29.3 Å². The van der Waals surface area contributed by atoms with Crippen molar-refractivity contribution in [3.05, 3.63) is 29.6 Å². The Kier molecular flexibility index (Phi) is 16.1. The van der Waals surface area contributed by atoms with E-state index >= 15 is 0 Å². The molecule has 4 heterocycles. The molecule has 0 saturated carbocycles. The van der Waals surface area contributed by atoms with Crippen molar-refractivity contribution in [2.75, 3.05) is 78.5 Å². The van der Waals surface area contributed by atoms with Crippen LogP contribution in [0.25, 0.3) is 0 Å².